The first kappa shape index (κ1) is 12.2. The molecule has 16 heavy (non-hydrogen) atoms. The summed E-state index contributed by atoms with van der Waals surface area (Å²) in [5, 5.41) is 3.51. The Balaban J connectivity index is 1.99. The molecule has 0 aromatic rings. The van der Waals surface area contributed by atoms with E-state index in [0.29, 0.717) is 5.41 Å². The van der Waals surface area contributed by atoms with Crippen molar-refractivity contribution in [2.24, 2.45) is 5.41 Å². The van der Waals surface area contributed by atoms with E-state index >= 15 is 0 Å². The molecular formula is C15H27N. The molecule has 0 aromatic heterocycles. The zero-order valence-electron chi connectivity index (χ0n) is 11.1. The van der Waals surface area contributed by atoms with Gasteiger partial charge in [0.2, 0.25) is 0 Å². The van der Waals surface area contributed by atoms with Gasteiger partial charge in [-0.15, -0.1) is 0 Å². The molecule has 0 bridgehead atoms. The molecule has 1 N–H and O–H groups in total. The first-order chi connectivity index (χ1) is 7.79. The van der Waals surface area contributed by atoms with Crippen LogP contribution in [0.15, 0.2) is 11.1 Å². The Kier molecular flexibility index (Phi) is 4.07. The Morgan fingerprint density at radius 1 is 1.06 bits per heavy atom. The molecule has 1 nitrogen and oxygen atoms in total. The van der Waals surface area contributed by atoms with Crippen LogP contribution < -0.4 is 5.32 Å². The molecule has 0 unspecified atom stereocenters. The minimum absolute atomic E-state index is 0.680. The van der Waals surface area contributed by atoms with E-state index in [1.54, 1.807) is 0 Å². The van der Waals surface area contributed by atoms with Crippen LogP contribution in [-0.2, 0) is 0 Å². The van der Waals surface area contributed by atoms with Crippen molar-refractivity contribution in [3.05, 3.63) is 11.1 Å². The van der Waals surface area contributed by atoms with E-state index in [0.717, 1.165) is 0 Å². The lowest BCUT2D eigenvalue weighted by molar-refractivity contribution is 0.212. The number of hydrogen-bond acceptors (Lipinski definition) is 1. The van der Waals surface area contributed by atoms with E-state index in [1.165, 1.54) is 64.5 Å². The average molecular weight is 221 g/mol. The minimum Gasteiger partial charge on any atom is -0.317 e. The van der Waals surface area contributed by atoms with Crippen molar-refractivity contribution in [1.82, 2.24) is 5.32 Å². The lowest BCUT2D eigenvalue weighted by Crippen LogP contribution is -2.35. The molecule has 2 rings (SSSR count). The maximum absolute atomic E-state index is 3.51. The van der Waals surface area contributed by atoms with Gasteiger partial charge in [-0.3, -0.25) is 0 Å². The van der Waals surface area contributed by atoms with Crippen LogP contribution in [-0.4, -0.2) is 13.1 Å². The summed E-state index contributed by atoms with van der Waals surface area (Å²) in [6.07, 6.45) is 11.1. The number of hydrogen-bond donors (Lipinski definition) is 1. The number of rotatable bonds is 4. The highest BCUT2D eigenvalue weighted by molar-refractivity contribution is 5.25. The predicted molar refractivity (Wildman–Crippen MR) is 70.6 cm³/mol. The molecule has 1 heteroatoms. The van der Waals surface area contributed by atoms with Crippen LogP contribution in [0.4, 0.5) is 0 Å². The molecule has 0 amide bonds. The Morgan fingerprint density at radius 2 is 1.75 bits per heavy atom. The number of allylic oxidation sites excluding steroid dienone is 2. The van der Waals surface area contributed by atoms with Crippen LogP contribution in [0.25, 0.3) is 0 Å². The maximum atomic E-state index is 3.51. The van der Waals surface area contributed by atoms with Crippen molar-refractivity contribution < 1.29 is 0 Å². The standard InChI is InChI=1S/C15H27N/c1-3-5-6-14-12-15(11-13(14)4-2)7-9-16-10-8-15/h16H,3-12H2,1-2H3. The first-order valence-corrected chi connectivity index (χ1v) is 7.20. The summed E-state index contributed by atoms with van der Waals surface area (Å²) in [6.45, 7) is 7.15. The summed E-state index contributed by atoms with van der Waals surface area (Å²) in [5.74, 6) is 0. The summed E-state index contributed by atoms with van der Waals surface area (Å²) < 4.78 is 0. The van der Waals surface area contributed by atoms with Crippen LogP contribution in [0.1, 0.15) is 65.2 Å². The van der Waals surface area contributed by atoms with Crippen molar-refractivity contribution in [2.45, 2.75) is 65.2 Å². The molecular weight excluding hydrogens is 194 g/mol. The van der Waals surface area contributed by atoms with Gasteiger partial charge in [0.05, 0.1) is 0 Å². The highest BCUT2D eigenvalue weighted by Crippen LogP contribution is 2.49. The Hall–Kier alpha value is -0.300. The second kappa shape index (κ2) is 5.35. The highest BCUT2D eigenvalue weighted by Gasteiger charge is 2.38. The molecule has 1 heterocycles. The van der Waals surface area contributed by atoms with E-state index in [9.17, 15) is 0 Å². The quantitative estimate of drug-likeness (QED) is 0.706. The number of unbranched alkanes of at least 4 members (excludes halogenated alkanes) is 1. The van der Waals surface area contributed by atoms with Gasteiger partial charge in [0.25, 0.3) is 0 Å². The molecule has 0 aromatic carbocycles. The van der Waals surface area contributed by atoms with Gasteiger partial charge in [-0.1, -0.05) is 31.4 Å². The fourth-order valence-electron chi connectivity index (χ4n) is 3.56. The van der Waals surface area contributed by atoms with Gasteiger partial charge in [0, 0.05) is 0 Å². The molecule has 1 aliphatic carbocycles. The van der Waals surface area contributed by atoms with Crippen LogP contribution in [0.3, 0.4) is 0 Å². The topological polar surface area (TPSA) is 12.0 Å². The molecule has 92 valence electrons. The average Bonchev–Trinajstić information content (AvgIpc) is 2.65. The first-order valence-electron chi connectivity index (χ1n) is 7.20. The van der Waals surface area contributed by atoms with Crippen molar-refractivity contribution in [3.63, 3.8) is 0 Å². The second-order valence-electron chi connectivity index (χ2n) is 5.77. The second-order valence-corrected chi connectivity index (χ2v) is 5.77. The number of piperidine rings is 1. The highest BCUT2D eigenvalue weighted by atomic mass is 14.9. The molecule has 1 aliphatic heterocycles. The van der Waals surface area contributed by atoms with Gasteiger partial charge < -0.3 is 5.32 Å². The third-order valence-corrected chi connectivity index (χ3v) is 4.60. The van der Waals surface area contributed by atoms with E-state index in [-0.39, 0.29) is 0 Å². The molecule has 1 saturated heterocycles. The molecule has 1 spiro atoms. The van der Waals surface area contributed by atoms with Crippen molar-refractivity contribution in [1.29, 1.82) is 0 Å². The summed E-state index contributed by atoms with van der Waals surface area (Å²) in [6, 6.07) is 0. The van der Waals surface area contributed by atoms with Crippen LogP contribution in [0.5, 0.6) is 0 Å². The molecule has 1 fully saturated rings. The van der Waals surface area contributed by atoms with Crippen LogP contribution >= 0.6 is 0 Å². The van der Waals surface area contributed by atoms with Gasteiger partial charge in [0.15, 0.2) is 0 Å². The largest absolute Gasteiger partial charge is 0.317 e. The fourth-order valence-corrected chi connectivity index (χ4v) is 3.56. The van der Waals surface area contributed by atoms with E-state index in [1.807, 2.05) is 11.1 Å². The van der Waals surface area contributed by atoms with Gasteiger partial charge in [0.1, 0.15) is 0 Å². The summed E-state index contributed by atoms with van der Waals surface area (Å²) in [4.78, 5) is 0. The molecule has 0 saturated carbocycles. The normalized spacial score (nSPS) is 24.4. The fraction of sp³-hybridized carbons (Fsp3) is 0.867. The Morgan fingerprint density at radius 3 is 2.38 bits per heavy atom. The lowest BCUT2D eigenvalue weighted by Gasteiger charge is -2.34. The van der Waals surface area contributed by atoms with Crippen molar-refractivity contribution >= 4 is 0 Å². The molecule has 2 aliphatic rings. The third-order valence-electron chi connectivity index (χ3n) is 4.60. The van der Waals surface area contributed by atoms with Gasteiger partial charge in [-0.05, 0) is 63.5 Å². The third kappa shape index (κ3) is 2.51. The van der Waals surface area contributed by atoms with Crippen molar-refractivity contribution in [2.75, 3.05) is 13.1 Å². The van der Waals surface area contributed by atoms with Gasteiger partial charge in [-0.25, -0.2) is 0 Å². The van der Waals surface area contributed by atoms with E-state index < -0.39 is 0 Å². The lowest BCUT2D eigenvalue weighted by atomic mass is 9.75. The molecule has 0 atom stereocenters. The predicted octanol–water partition coefficient (Wildman–Crippen LogP) is 4.05. The SMILES string of the molecule is CCCCC1=C(CC)CC2(CCNCC2)C1. The van der Waals surface area contributed by atoms with E-state index in [2.05, 4.69) is 19.2 Å². The monoisotopic (exact) mass is 221 g/mol. The summed E-state index contributed by atoms with van der Waals surface area (Å²) >= 11 is 0. The smallest absolute Gasteiger partial charge is 0.00434 e. The van der Waals surface area contributed by atoms with Gasteiger partial charge >= 0.3 is 0 Å². The summed E-state index contributed by atoms with van der Waals surface area (Å²) in [5.41, 5.74) is 4.33. The van der Waals surface area contributed by atoms with E-state index in [4.69, 9.17) is 0 Å². The zero-order valence-corrected chi connectivity index (χ0v) is 11.1. The minimum atomic E-state index is 0.680. The zero-order chi connectivity index (χ0) is 11.4. The Bertz CT molecular complexity index is 259. The Labute approximate surface area is 101 Å². The summed E-state index contributed by atoms with van der Waals surface area (Å²) in [7, 11) is 0. The van der Waals surface area contributed by atoms with Crippen molar-refractivity contribution in [3.8, 4) is 0 Å². The van der Waals surface area contributed by atoms with Gasteiger partial charge in [-0.2, -0.15) is 0 Å². The van der Waals surface area contributed by atoms with Crippen LogP contribution in [0, 0.1) is 5.41 Å². The maximum Gasteiger partial charge on any atom is -0.00434 e. The number of nitrogens with one attached hydrogen (secondary N) is 1. The van der Waals surface area contributed by atoms with Crippen LogP contribution in [0.2, 0.25) is 0 Å². The molecule has 0 radical (unpaired) electrons.